The number of phenols is 2. The van der Waals surface area contributed by atoms with Crippen molar-refractivity contribution in [2.45, 2.75) is 4.75 Å². The predicted molar refractivity (Wildman–Crippen MR) is 114 cm³/mol. The molecule has 152 valence electrons. The first kappa shape index (κ1) is 22.0. The molecule has 0 spiro atoms. The Hall–Kier alpha value is -1.67. The number of aromatic hydroxyl groups is 2. The van der Waals surface area contributed by atoms with Crippen molar-refractivity contribution < 1.29 is 23.2 Å². The summed E-state index contributed by atoms with van der Waals surface area (Å²) in [6, 6.07) is 11.8. The largest absolute Gasteiger partial charge is 0.507 e. The molecule has 3 aromatic carbocycles. The lowest BCUT2D eigenvalue weighted by molar-refractivity contribution is 0.416. The van der Waals surface area contributed by atoms with E-state index in [4.69, 9.17) is 46.4 Å². The topological polar surface area (TPSA) is 94.8 Å². The molecule has 1 atom stereocenters. The molecule has 3 aromatic rings. The quantitative estimate of drug-likeness (QED) is 0.311. The van der Waals surface area contributed by atoms with Gasteiger partial charge in [-0.15, -0.1) is 0 Å². The molecule has 0 saturated heterocycles. The third-order valence-electron chi connectivity index (χ3n) is 4.41. The minimum atomic E-state index is -5.20. The minimum Gasteiger partial charge on any atom is -0.507 e. The summed E-state index contributed by atoms with van der Waals surface area (Å²) >= 11 is 24.6. The summed E-state index contributed by atoms with van der Waals surface area (Å²) in [6.07, 6.45) is 0. The highest BCUT2D eigenvalue weighted by atomic mass is 35.5. The van der Waals surface area contributed by atoms with Crippen LogP contribution in [0.1, 0.15) is 16.7 Å². The Morgan fingerprint density at radius 1 is 0.724 bits per heavy atom. The van der Waals surface area contributed by atoms with E-state index in [-0.39, 0.29) is 31.2 Å². The molecule has 1 unspecified atom stereocenters. The second-order valence-electron chi connectivity index (χ2n) is 6.05. The van der Waals surface area contributed by atoms with Gasteiger partial charge in [0.25, 0.3) is 10.1 Å². The Kier molecular flexibility index (Phi) is 5.98. The second kappa shape index (κ2) is 7.87. The van der Waals surface area contributed by atoms with E-state index >= 15 is 0 Å². The van der Waals surface area contributed by atoms with E-state index in [1.165, 1.54) is 48.5 Å². The van der Waals surface area contributed by atoms with E-state index in [2.05, 4.69) is 0 Å². The van der Waals surface area contributed by atoms with E-state index in [1.807, 2.05) is 0 Å². The van der Waals surface area contributed by atoms with Gasteiger partial charge in [-0.2, -0.15) is 8.42 Å². The van der Waals surface area contributed by atoms with E-state index in [1.54, 1.807) is 0 Å². The Balaban J connectivity index is 2.68. The molecule has 0 aliphatic heterocycles. The van der Waals surface area contributed by atoms with Crippen LogP contribution >= 0.6 is 46.4 Å². The zero-order valence-electron chi connectivity index (χ0n) is 14.3. The fourth-order valence-electron chi connectivity index (χ4n) is 3.24. The van der Waals surface area contributed by atoms with Gasteiger partial charge in [-0.05, 0) is 42.0 Å². The van der Waals surface area contributed by atoms with Crippen LogP contribution in [0.5, 0.6) is 11.5 Å². The van der Waals surface area contributed by atoms with Crippen LogP contribution < -0.4 is 0 Å². The van der Waals surface area contributed by atoms with Crippen LogP contribution in [0.2, 0.25) is 20.1 Å². The molecule has 0 bridgehead atoms. The summed E-state index contributed by atoms with van der Waals surface area (Å²) in [5.74, 6) is -1.43. The van der Waals surface area contributed by atoms with Crippen LogP contribution in [-0.4, -0.2) is 23.2 Å². The molecule has 0 aromatic heterocycles. The Morgan fingerprint density at radius 2 is 1.28 bits per heavy atom. The van der Waals surface area contributed by atoms with Crippen molar-refractivity contribution in [3.05, 3.63) is 91.4 Å². The van der Waals surface area contributed by atoms with Gasteiger partial charge < -0.3 is 10.2 Å². The van der Waals surface area contributed by atoms with Gasteiger partial charge in [0, 0.05) is 20.6 Å². The minimum absolute atomic E-state index is 0.0905. The first-order valence-corrected chi connectivity index (χ1v) is 10.9. The number of phenolic OH excluding ortho intramolecular Hbond substituents is 2. The van der Waals surface area contributed by atoms with Crippen LogP contribution in [0.25, 0.3) is 0 Å². The monoisotopic (exact) mass is 492 g/mol. The molecule has 0 amide bonds. The molecule has 0 aliphatic carbocycles. The first-order chi connectivity index (χ1) is 13.5. The summed E-state index contributed by atoms with van der Waals surface area (Å²) in [5, 5.41) is 21.0. The molecule has 0 heterocycles. The standard InChI is InChI=1S/C19H12Cl4O5S/c20-11-6-4-10(5-7-11)19(29(26,27)28,16-12(21)2-1-3-13(16)22)17-15(24)9-8-14(23)18(17)25/h1-9,24-25H,(H,26,27,28). The van der Waals surface area contributed by atoms with Crippen molar-refractivity contribution in [2.75, 3.05) is 0 Å². The average molecular weight is 494 g/mol. The molecular formula is C19H12Cl4O5S. The Morgan fingerprint density at radius 3 is 1.79 bits per heavy atom. The summed E-state index contributed by atoms with van der Waals surface area (Å²) in [7, 11) is -5.20. The van der Waals surface area contributed by atoms with Crippen molar-refractivity contribution in [1.29, 1.82) is 0 Å². The molecule has 5 nitrogen and oxygen atoms in total. The second-order valence-corrected chi connectivity index (χ2v) is 9.27. The molecular weight excluding hydrogens is 482 g/mol. The molecule has 0 fully saturated rings. The molecule has 0 radical (unpaired) electrons. The summed E-state index contributed by atoms with van der Waals surface area (Å²) in [4.78, 5) is 0. The van der Waals surface area contributed by atoms with Crippen molar-refractivity contribution >= 4 is 56.5 Å². The molecule has 0 saturated carbocycles. The summed E-state index contributed by atoms with van der Waals surface area (Å²) in [5.41, 5.74) is -0.974. The van der Waals surface area contributed by atoms with Crippen molar-refractivity contribution in [2.24, 2.45) is 0 Å². The highest BCUT2D eigenvalue weighted by Gasteiger charge is 2.54. The fourth-order valence-corrected chi connectivity index (χ4v) is 5.69. The maximum atomic E-state index is 13.0. The van der Waals surface area contributed by atoms with Gasteiger partial charge in [0.15, 0.2) is 4.75 Å². The van der Waals surface area contributed by atoms with Crippen LogP contribution in [0.15, 0.2) is 54.6 Å². The third kappa shape index (κ3) is 3.54. The zero-order chi connectivity index (χ0) is 21.6. The van der Waals surface area contributed by atoms with Crippen molar-refractivity contribution in [1.82, 2.24) is 0 Å². The Bertz CT molecular complexity index is 1180. The first-order valence-electron chi connectivity index (χ1n) is 7.90. The van der Waals surface area contributed by atoms with Crippen LogP contribution in [0.4, 0.5) is 0 Å². The van der Waals surface area contributed by atoms with Gasteiger partial charge in [-0.1, -0.05) is 64.6 Å². The Labute approximate surface area is 186 Å². The van der Waals surface area contributed by atoms with Gasteiger partial charge in [0.2, 0.25) is 0 Å². The lowest BCUT2D eigenvalue weighted by Crippen LogP contribution is -2.39. The molecule has 29 heavy (non-hydrogen) atoms. The summed E-state index contributed by atoms with van der Waals surface area (Å²) in [6.45, 7) is 0. The van der Waals surface area contributed by atoms with Crippen LogP contribution in [-0.2, 0) is 14.9 Å². The third-order valence-corrected chi connectivity index (χ3v) is 7.02. The summed E-state index contributed by atoms with van der Waals surface area (Å²) < 4.78 is 33.9. The maximum Gasteiger partial charge on any atom is 0.283 e. The van der Waals surface area contributed by atoms with Gasteiger partial charge in [0.05, 0.1) is 10.6 Å². The van der Waals surface area contributed by atoms with Gasteiger partial charge in [-0.3, -0.25) is 4.55 Å². The van der Waals surface area contributed by atoms with Crippen molar-refractivity contribution in [3.63, 3.8) is 0 Å². The number of benzene rings is 3. The van der Waals surface area contributed by atoms with E-state index in [0.717, 1.165) is 6.07 Å². The van der Waals surface area contributed by atoms with E-state index in [9.17, 15) is 23.2 Å². The van der Waals surface area contributed by atoms with Crippen LogP contribution in [0.3, 0.4) is 0 Å². The number of hydrogen-bond acceptors (Lipinski definition) is 4. The SMILES string of the molecule is O=S(=O)(O)C(c1ccc(Cl)cc1)(c1c(Cl)cccc1Cl)c1c(O)ccc(Cl)c1O. The highest BCUT2D eigenvalue weighted by Crippen LogP contribution is 2.55. The highest BCUT2D eigenvalue weighted by molar-refractivity contribution is 7.87. The molecule has 10 heteroatoms. The van der Waals surface area contributed by atoms with E-state index in [0.29, 0.717) is 0 Å². The molecule has 3 N–H and O–H groups in total. The van der Waals surface area contributed by atoms with Gasteiger partial charge >= 0.3 is 0 Å². The normalized spacial score (nSPS) is 13.8. The zero-order valence-corrected chi connectivity index (χ0v) is 18.1. The number of hydrogen-bond donors (Lipinski definition) is 3. The number of rotatable bonds is 4. The predicted octanol–water partition coefficient (Wildman–Crippen LogP) is 5.89. The fraction of sp³-hybridized carbons (Fsp3) is 0.0526. The average Bonchev–Trinajstić information content (AvgIpc) is 2.63. The molecule has 3 rings (SSSR count). The van der Waals surface area contributed by atoms with Crippen LogP contribution in [0, 0.1) is 0 Å². The number of halogens is 4. The maximum absolute atomic E-state index is 13.0. The molecule has 0 aliphatic rings. The lowest BCUT2D eigenvalue weighted by atomic mass is 9.82. The van der Waals surface area contributed by atoms with Gasteiger partial charge in [-0.25, -0.2) is 0 Å². The van der Waals surface area contributed by atoms with Gasteiger partial charge in [0.1, 0.15) is 11.5 Å². The smallest absolute Gasteiger partial charge is 0.283 e. The van der Waals surface area contributed by atoms with E-state index < -0.39 is 31.9 Å². The lowest BCUT2D eigenvalue weighted by Gasteiger charge is -2.34. The van der Waals surface area contributed by atoms with Crippen molar-refractivity contribution in [3.8, 4) is 11.5 Å².